The van der Waals surface area contributed by atoms with Crippen LogP contribution in [0.15, 0.2) is 78.9 Å². The van der Waals surface area contributed by atoms with Crippen LogP contribution in [0.3, 0.4) is 0 Å². The fourth-order valence-electron chi connectivity index (χ4n) is 4.14. The molecular formula is C37H44O7. The smallest absolute Gasteiger partial charge is 0.347 e. The number of rotatable bonds is 17. The van der Waals surface area contributed by atoms with Gasteiger partial charge in [0.15, 0.2) is 6.10 Å². The van der Waals surface area contributed by atoms with E-state index in [1.54, 1.807) is 42.5 Å². The Kier molecular flexibility index (Phi) is 14.2. The third kappa shape index (κ3) is 11.7. The van der Waals surface area contributed by atoms with Crippen molar-refractivity contribution in [2.75, 3.05) is 13.2 Å². The van der Waals surface area contributed by atoms with E-state index in [0.717, 1.165) is 35.3 Å². The molecule has 44 heavy (non-hydrogen) atoms. The molecule has 0 N–H and O–H groups in total. The van der Waals surface area contributed by atoms with Crippen LogP contribution in [0.4, 0.5) is 0 Å². The van der Waals surface area contributed by atoms with Crippen LogP contribution in [0.2, 0.25) is 0 Å². The minimum Gasteiger partial charge on any atom is -0.494 e. The summed E-state index contributed by atoms with van der Waals surface area (Å²) in [4.78, 5) is 36.9. The third-order valence-corrected chi connectivity index (χ3v) is 7.16. The summed E-state index contributed by atoms with van der Waals surface area (Å²) in [6, 6.07) is 21.5. The van der Waals surface area contributed by atoms with Crippen LogP contribution in [0.25, 0.3) is 17.2 Å². The average molecular weight is 601 g/mol. The lowest BCUT2D eigenvalue weighted by Crippen LogP contribution is -2.27. The first-order valence-corrected chi connectivity index (χ1v) is 15.5. The molecule has 3 rings (SSSR count). The molecule has 0 aliphatic carbocycles. The van der Waals surface area contributed by atoms with Crippen LogP contribution in [0, 0.1) is 5.92 Å². The van der Waals surface area contributed by atoms with E-state index in [-0.39, 0.29) is 5.92 Å². The van der Waals surface area contributed by atoms with Gasteiger partial charge in [-0.25, -0.2) is 14.4 Å². The number of benzene rings is 3. The van der Waals surface area contributed by atoms with Gasteiger partial charge in [0.1, 0.15) is 11.5 Å². The Bertz CT molecular complexity index is 1340. The number of esters is 3. The highest BCUT2D eigenvalue weighted by atomic mass is 16.6. The van der Waals surface area contributed by atoms with E-state index in [2.05, 4.69) is 6.92 Å². The molecule has 234 valence electrons. The number of carbonyl (C=O) groups is 3. The van der Waals surface area contributed by atoms with Gasteiger partial charge in [-0.2, -0.15) is 0 Å². The fraction of sp³-hybridized carbons (Fsp3) is 0.378. The summed E-state index contributed by atoms with van der Waals surface area (Å²) in [6.07, 6.45) is 8.98. The van der Waals surface area contributed by atoms with Crippen molar-refractivity contribution >= 4 is 24.0 Å². The number of unbranched alkanes of at least 4 members (excludes halogenated alkanes) is 4. The van der Waals surface area contributed by atoms with Crippen molar-refractivity contribution in [1.29, 1.82) is 0 Å². The molecule has 2 atom stereocenters. The van der Waals surface area contributed by atoms with Gasteiger partial charge in [-0.1, -0.05) is 89.3 Å². The van der Waals surface area contributed by atoms with Crippen molar-refractivity contribution in [3.8, 4) is 22.6 Å². The molecule has 0 fully saturated rings. The zero-order valence-electron chi connectivity index (χ0n) is 26.3. The first kappa shape index (κ1) is 34.1. The van der Waals surface area contributed by atoms with E-state index in [4.69, 9.17) is 18.9 Å². The molecule has 0 saturated carbocycles. The maximum atomic E-state index is 12.5. The summed E-state index contributed by atoms with van der Waals surface area (Å²) >= 11 is 0. The third-order valence-electron chi connectivity index (χ3n) is 7.16. The lowest BCUT2D eigenvalue weighted by atomic mass is 10.0. The van der Waals surface area contributed by atoms with Crippen molar-refractivity contribution in [1.82, 2.24) is 0 Å². The van der Waals surface area contributed by atoms with E-state index in [9.17, 15) is 14.4 Å². The van der Waals surface area contributed by atoms with E-state index in [0.29, 0.717) is 24.5 Å². The quantitative estimate of drug-likeness (QED) is 0.0665. The second-order valence-electron chi connectivity index (χ2n) is 10.9. The highest BCUT2D eigenvalue weighted by Gasteiger charge is 2.21. The first-order chi connectivity index (χ1) is 21.3. The standard InChI is InChI=1S/C37H44O7/c1-5-7-8-9-10-25-41-33-20-11-29(12-21-33)13-24-35(38)44-34-22-18-31(19-23-34)30-14-16-32(17-15-30)37(40)43-28(4)36(39)42-26-27(3)6-2/h11-24,27-28H,5-10,25-26H2,1-4H3/b24-13-. The van der Waals surface area contributed by atoms with E-state index < -0.39 is 24.0 Å². The molecule has 0 amide bonds. The lowest BCUT2D eigenvalue weighted by molar-refractivity contribution is -0.154. The van der Waals surface area contributed by atoms with Gasteiger partial charge < -0.3 is 18.9 Å². The minimum atomic E-state index is -0.994. The van der Waals surface area contributed by atoms with Crippen LogP contribution in [0.1, 0.15) is 82.1 Å². The maximum Gasteiger partial charge on any atom is 0.347 e. The normalized spacial score (nSPS) is 12.4. The number of carbonyl (C=O) groups excluding carboxylic acids is 3. The van der Waals surface area contributed by atoms with Gasteiger partial charge in [-0.15, -0.1) is 0 Å². The first-order valence-electron chi connectivity index (χ1n) is 15.5. The summed E-state index contributed by atoms with van der Waals surface area (Å²) < 4.78 is 21.7. The molecule has 7 heteroatoms. The highest BCUT2D eigenvalue weighted by molar-refractivity contribution is 5.92. The SMILES string of the molecule is CCCCCCCOc1ccc(/C=C\C(=O)Oc2ccc(-c3ccc(C(=O)OC(C)C(=O)OCC(C)CC)cc3)cc2)cc1. The fourth-order valence-corrected chi connectivity index (χ4v) is 4.14. The molecule has 0 aliphatic rings. The Hall–Kier alpha value is -4.39. The zero-order valence-corrected chi connectivity index (χ0v) is 26.3. The predicted octanol–water partition coefficient (Wildman–Crippen LogP) is 8.46. The molecule has 0 spiro atoms. The van der Waals surface area contributed by atoms with Crippen molar-refractivity contribution in [2.24, 2.45) is 5.92 Å². The molecule has 7 nitrogen and oxygen atoms in total. The van der Waals surface area contributed by atoms with Crippen molar-refractivity contribution in [3.05, 3.63) is 90.0 Å². The van der Waals surface area contributed by atoms with Gasteiger partial charge in [0.05, 0.1) is 18.8 Å². The molecule has 3 aromatic carbocycles. The lowest BCUT2D eigenvalue weighted by Gasteiger charge is -2.15. The van der Waals surface area contributed by atoms with E-state index in [1.807, 2.05) is 50.2 Å². The molecule has 3 aromatic rings. The largest absolute Gasteiger partial charge is 0.494 e. The summed E-state index contributed by atoms with van der Waals surface area (Å²) in [5, 5.41) is 0. The van der Waals surface area contributed by atoms with Crippen molar-refractivity contribution in [3.63, 3.8) is 0 Å². The second kappa shape index (κ2) is 18.3. The molecule has 0 saturated heterocycles. The Morgan fingerprint density at radius 3 is 2.00 bits per heavy atom. The number of hydrogen-bond acceptors (Lipinski definition) is 7. The summed E-state index contributed by atoms with van der Waals surface area (Å²) in [5.74, 6) is -0.159. The molecule has 0 aromatic heterocycles. The highest BCUT2D eigenvalue weighted by Crippen LogP contribution is 2.24. The van der Waals surface area contributed by atoms with Crippen LogP contribution in [-0.4, -0.2) is 37.2 Å². The Morgan fingerprint density at radius 2 is 1.36 bits per heavy atom. The van der Waals surface area contributed by atoms with Crippen LogP contribution >= 0.6 is 0 Å². The van der Waals surface area contributed by atoms with Crippen LogP contribution in [-0.2, 0) is 19.1 Å². The van der Waals surface area contributed by atoms with Gasteiger partial charge in [-0.3, -0.25) is 0 Å². The number of hydrogen-bond donors (Lipinski definition) is 0. The Labute approximate surface area is 261 Å². The topological polar surface area (TPSA) is 88.1 Å². The van der Waals surface area contributed by atoms with Crippen LogP contribution in [0.5, 0.6) is 11.5 Å². The average Bonchev–Trinajstić information content (AvgIpc) is 3.05. The van der Waals surface area contributed by atoms with Gasteiger partial charge in [0.25, 0.3) is 0 Å². The van der Waals surface area contributed by atoms with Gasteiger partial charge >= 0.3 is 17.9 Å². The Morgan fingerprint density at radius 1 is 0.750 bits per heavy atom. The molecule has 0 heterocycles. The number of ether oxygens (including phenoxy) is 4. The zero-order chi connectivity index (χ0) is 31.7. The molecule has 0 radical (unpaired) electrons. The predicted molar refractivity (Wildman–Crippen MR) is 173 cm³/mol. The van der Waals surface area contributed by atoms with Crippen molar-refractivity contribution < 1.29 is 33.3 Å². The molecule has 0 bridgehead atoms. The molecule has 2 unspecified atom stereocenters. The van der Waals surface area contributed by atoms with E-state index in [1.165, 1.54) is 38.7 Å². The van der Waals surface area contributed by atoms with E-state index >= 15 is 0 Å². The summed E-state index contributed by atoms with van der Waals surface area (Å²) in [5.41, 5.74) is 2.94. The van der Waals surface area contributed by atoms with Gasteiger partial charge in [0, 0.05) is 6.08 Å². The monoisotopic (exact) mass is 600 g/mol. The maximum absolute atomic E-state index is 12.5. The molecular weight excluding hydrogens is 556 g/mol. The minimum absolute atomic E-state index is 0.247. The summed E-state index contributed by atoms with van der Waals surface area (Å²) in [6.45, 7) is 8.71. The van der Waals surface area contributed by atoms with Crippen LogP contribution < -0.4 is 9.47 Å². The van der Waals surface area contributed by atoms with Crippen molar-refractivity contribution in [2.45, 2.75) is 72.3 Å². The molecule has 0 aliphatic heterocycles. The summed E-state index contributed by atoms with van der Waals surface area (Å²) in [7, 11) is 0. The Balaban J connectivity index is 1.45. The van der Waals surface area contributed by atoms with Gasteiger partial charge in [-0.05, 0) is 78.4 Å². The second-order valence-corrected chi connectivity index (χ2v) is 10.9. The van der Waals surface area contributed by atoms with Gasteiger partial charge in [0.2, 0.25) is 0 Å².